The molecular formula is C13H16F2N2O3. The number of rotatable bonds is 6. The van der Waals surface area contributed by atoms with E-state index in [9.17, 15) is 18.4 Å². The quantitative estimate of drug-likeness (QED) is 0.801. The van der Waals surface area contributed by atoms with Crippen molar-refractivity contribution in [2.24, 2.45) is 0 Å². The number of likely N-dealkylation sites (N-methyl/N-ethyl adjacent to an activating group) is 1. The Morgan fingerprint density at radius 2 is 2.05 bits per heavy atom. The lowest BCUT2D eigenvalue weighted by atomic mass is 10.2. The predicted molar refractivity (Wildman–Crippen MR) is 68.0 cm³/mol. The summed E-state index contributed by atoms with van der Waals surface area (Å²) in [5, 5.41) is 11.0. The average molecular weight is 286 g/mol. The molecule has 1 rings (SSSR count). The molecule has 0 spiro atoms. The standard InChI is InChI=1S/C13H16F2N2O3/c1-2-17(5-6-18)12(19)8-16-13(20)10-4-3-9(14)7-11(10)15/h3-4,7,18H,2,5-6,8H2,1H3,(H,16,20). The molecule has 0 saturated carbocycles. The molecule has 1 aromatic carbocycles. The molecule has 0 bridgehead atoms. The van der Waals surface area contributed by atoms with Gasteiger partial charge in [0.2, 0.25) is 5.91 Å². The van der Waals surface area contributed by atoms with E-state index in [2.05, 4.69) is 5.32 Å². The highest BCUT2D eigenvalue weighted by molar-refractivity contribution is 5.96. The molecule has 0 aliphatic heterocycles. The monoisotopic (exact) mass is 286 g/mol. The Labute approximate surface area is 115 Å². The maximum absolute atomic E-state index is 13.3. The summed E-state index contributed by atoms with van der Waals surface area (Å²) in [5.74, 6) is -2.96. The second-order valence-electron chi connectivity index (χ2n) is 4.00. The number of hydrogen-bond donors (Lipinski definition) is 2. The van der Waals surface area contributed by atoms with Crippen LogP contribution in [0.3, 0.4) is 0 Å². The summed E-state index contributed by atoms with van der Waals surface area (Å²) in [4.78, 5) is 24.7. The minimum atomic E-state index is -0.988. The fourth-order valence-corrected chi connectivity index (χ4v) is 1.62. The smallest absolute Gasteiger partial charge is 0.254 e. The van der Waals surface area contributed by atoms with E-state index in [1.807, 2.05) is 0 Å². The molecule has 2 N–H and O–H groups in total. The van der Waals surface area contributed by atoms with Crippen molar-refractivity contribution in [3.63, 3.8) is 0 Å². The molecule has 0 fully saturated rings. The van der Waals surface area contributed by atoms with Crippen LogP contribution in [0.2, 0.25) is 0 Å². The van der Waals surface area contributed by atoms with Gasteiger partial charge in [0.15, 0.2) is 0 Å². The number of carbonyl (C=O) groups excluding carboxylic acids is 2. The van der Waals surface area contributed by atoms with Crippen molar-refractivity contribution in [3.05, 3.63) is 35.4 Å². The highest BCUT2D eigenvalue weighted by atomic mass is 19.1. The number of hydrogen-bond acceptors (Lipinski definition) is 3. The third-order valence-corrected chi connectivity index (χ3v) is 2.68. The summed E-state index contributed by atoms with van der Waals surface area (Å²) >= 11 is 0. The minimum absolute atomic E-state index is 0.163. The molecule has 1 aromatic rings. The summed E-state index contributed by atoms with van der Waals surface area (Å²) in [6.07, 6.45) is 0. The Morgan fingerprint density at radius 3 is 2.60 bits per heavy atom. The lowest BCUT2D eigenvalue weighted by Crippen LogP contribution is -2.41. The zero-order valence-corrected chi connectivity index (χ0v) is 11.0. The number of benzene rings is 1. The van der Waals surface area contributed by atoms with E-state index in [1.165, 1.54) is 4.90 Å². The Bertz CT molecular complexity index is 495. The van der Waals surface area contributed by atoms with E-state index in [-0.39, 0.29) is 25.3 Å². The van der Waals surface area contributed by atoms with Crippen LogP contribution in [0.25, 0.3) is 0 Å². The molecule has 20 heavy (non-hydrogen) atoms. The first-order valence-corrected chi connectivity index (χ1v) is 6.11. The van der Waals surface area contributed by atoms with Crippen LogP contribution in [-0.2, 0) is 4.79 Å². The van der Waals surface area contributed by atoms with Gasteiger partial charge < -0.3 is 15.3 Å². The van der Waals surface area contributed by atoms with Crippen LogP contribution in [-0.4, -0.2) is 48.1 Å². The first-order valence-electron chi connectivity index (χ1n) is 6.11. The van der Waals surface area contributed by atoms with Crippen molar-refractivity contribution < 1.29 is 23.5 Å². The molecule has 110 valence electrons. The lowest BCUT2D eigenvalue weighted by Gasteiger charge is -2.19. The van der Waals surface area contributed by atoms with Crippen LogP contribution in [0, 0.1) is 11.6 Å². The van der Waals surface area contributed by atoms with Crippen LogP contribution in [0.15, 0.2) is 18.2 Å². The highest BCUT2D eigenvalue weighted by Gasteiger charge is 2.15. The molecule has 0 unspecified atom stereocenters. The number of amides is 2. The summed E-state index contributed by atoms with van der Waals surface area (Å²) in [5.41, 5.74) is -0.329. The molecule has 0 radical (unpaired) electrons. The Kier molecular flexibility index (Phi) is 6.05. The van der Waals surface area contributed by atoms with Gasteiger partial charge in [-0.25, -0.2) is 8.78 Å². The van der Waals surface area contributed by atoms with Crippen molar-refractivity contribution in [1.29, 1.82) is 0 Å². The Hall–Kier alpha value is -2.02. The molecule has 0 saturated heterocycles. The molecule has 0 heterocycles. The van der Waals surface area contributed by atoms with Crippen LogP contribution < -0.4 is 5.32 Å². The van der Waals surface area contributed by atoms with Crippen molar-refractivity contribution in [1.82, 2.24) is 10.2 Å². The van der Waals surface area contributed by atoms with Gasteiger partial charge in [0.05, 0.1) is 18.7 Å². The third kappa shape index (κ3) is 4.27. The fraction of sp³-hybridized carbons (Fsp3) is 0.385. The maximum atomic E-state index is 13.3. The average Bonchev–Trinajstić information content (AvgIpc) is 2.41. The first kappa shape index (κ1) is 16.0. The van der Waals surface area contributed by atoms with Gasteiger partial charge in [0.1, 0.15) is 11.6 Å². The first-order chi connectivity index (χ1) is 9.49. The second-order valence-corrected chi connectivity index (χ2v) is 4.00. The van der Waals surface area contributed by atoms with Gasteiger partial charge in [-0.3, -0.25) is 9.59 Å². The molecule has 0 atom stereocenters. The molecule has 7 heteroatoms. The zero-order valence-electron chi connectivity index (χ0n) is 11.0. The largest absolute Gasteiger partial charge is 0.395 e. The van der Waals surface area contributed by atoms with E-state index in [1.54, 1.807) is 6.92 Å². The molecule has 0 aliphatic carbocycles. The van der Waals surface area contributed by atoms with Crippen LogP contribution >= 0.6 is 0 Å². The molecule has 5 nitrogen and oxygen atoms in total. The molecule has 2 amide bonds. The highest BCUT2D eigenvalue weighted by Crippen LogP contribution is 2.09. The van der Waals surface area contributed by atoms with Gasteiger partial charge in [0, 0.05) is 19.2 Å². The minimum Gasteiger partial charge on any atom is -0.395 e. The Morgan fingerprint density at radius 1 is 1.35 bits per heavy atom. The molecular weight excluding hydrogens is 270 g/mol. The summed E-state index contributed by atoms with van der Waals surface area (Å²) < 4.78 is 26.0. The number of carbonyl (C=O) groups is 2. The topological polar surface area (TPSA) is 69.6 Å². The van der Waals surface area contributed by atoms with Gasteiger partial charge >= 0.3 is 0 Å². The molecule has 0 aromatic heterocycles. The summed E-state index contributed by atoms with van der Waals surface area (Å²) in [6, 6.07) is 2.57. The SMILES string of the molecule is CCN(CCO)C(=O)CNC(=O)c1ccc(F)cc1F. The van der Waals surface area contributed by atoms with E-state index < -0.39 is 23.4 Å². The predicted octanol–water partition coefficient (Wildman–Crippen LogP) is 0.535. The third-order valence-electron chi connectivity index (χ3n) is 2.68. The molecule has 0 aliphatic rings. The van der Waals surface area contributed by atoms with Crippen LogP contribution in [0.5, 0.6) is 0 Å². The fourth-order valence-electron chi connectivity index (χ4n) is 1.62. The van der Waals surface area contributed by atoms with E-state index in [0.717, 1.165) is 12.1 Å². The van der Waals surface area contributed by atoms with Crippen molar-refractivity contribution in [2.75, 3.05) is 26.2 Å². The Balaban J connectivity index is 2.61. The van der Waals surface area contributed by atoms with E-state index in [4.69, 9.17) is 5.11 Å². The van der Waals surface area contributed by atoms with Gasteiger partial charge in [-0.15, -0.1) is 0 Å². The van der Waals surface area contributed by atoms with Crippen LogP contribution in [0.1, 0.15) is 17.3 Å². The summed E-state index contributed by atoms with van der Waals surface area (Å²) in [6.45, 7) is 1.79. The summed E-state index contributed by atoms with van der Waals surface area (Å²) in [7, 11) is 0. The normalized spacial score (nSPS) is 10.2. The van der Waals surface area contributed by atoms with Gasteiger partial charge in [0.25, 0.3) is 5.91 Å². The number of aliphatic hydroxyl groups is 1. The lowest BCUT2D eigenvalue weighted by molar-refractivity contribution is -0.130. The number of nitrogens with zero attached hydrogens (tertiary/aromatic N) is 1. The number of nitrogens with one attached hydrogen (secondary N) is 1. The number of halogens is 2. The van der Waals surface area contributed by atoms with Gasteiger partial charge in [-0.2, -0.15) is 0 Å². The second kappa shape index (κ2) is 7.54. The zero-order chi connectivity index (χ0) is 15.1. The van der Waals surface area contributed by atoms with Crippen molar-refractivity contribution in [2.45, 2.75) is 6.92 Å². The van der Waals surface area contributed by atoms with E-state index >= 15 is 0 Å². The maximum Gasteiger partial charge on any atom is 0.254 e. The number of aliphatic hydroxyl groups excluding tert-OH is 1. The van der Waals surface area contributed by atoms with E-state index in [0.29, 0.717) is 12.6 Å². The van der Waals surface area contributed by atoms with Gasteiger partial charge in [-0.05, 0) is 19.1 Å². The van der Waals surface area contributed by atoms with Gasteiger partial charge in [-0.1, -0.05) is 0 Å². The van der Waals surface area contributed by atoms with Crippen molar-refractivity contribution in [3.8, 4) is 0 Å². The van der Waals surface area contributed by atoms with Crippen LogP contribution in [0.4, 0.5) is 8.78 Å². The van der Waals surface area contributed by atoms with Crippen molar-refractivity contribution >= 4 is 11.8 Å².